The Kier molecular flexibility index (Phi) is 4.68. The van der Waals surface area contributed by atoms with E-state index < -0.39 is 8.07 Å². The SMILES string of the molecule is C[Si](C)(C)C#C/C(=C/CO)c1cccc(F)c1. The molecule has 1 N–H and O–H groups in total. The maximum Gasteiger partial charge on any atom is 0.129 e. The minimum absolute atomic E-state index is 0.0910. The van der Waals surface area contributed by atoms with Crippen LogP contribution in [-0.4, -0.2) is 19.8 Å². The maximum absolute atomic E-state index is 13.1. The molecule has 0 unspecified atom stereocenters. The van der Waals surface area contributed by atoms with Gasteiger partial charge in [0.05, 0.1) is 6.61 Å². The average molecular weight is 248 g/mol. The topological polar surface area (TPSA) is 20.2 Å². The normalized spacial score (nSPS) is 11.9. The first kappa shape index (κ1) is 13.7. The first-order valence-electron chi connectivity index (χ1n) is 5.52. The van der Waals surface area contributed by atoms with E-state index in [2.05, 4.69) is 31.1 Å². The number of aliphatic hydroxyl groups excluding tert-OH is 1. The molecule has 0 radical (unpaired) electrons. The molecular formula is C14H17FOSi. The largest absolute Gasteiger partial charge is 0.392 e. The molecule has 0 aromatic heterocycles. The predicted octanol–water partition coefficient (Wildman–Crippen LogP) is 3.08. The lowest BCUT2D eigenvalue weighted by Crippen LogP contribution is -2.16. The van der Waals surface area contributed by atoms with Crippen molar-refractivity contribution in [1.29, 1.82) is 0 Å². The van der Waals surface area contributed by atoms with Crippen LogP contribution in [0.2, 0.25) is 19.6 Å². The number of hydrogen-bond donors (Lipinski definition) is 1. The van der Waals surface area contributed by atoms with E-state index in [1.54, 1.807) is 18.2 Å². The molecule has 0 amide bonds. The van der Waals surface area contributed by atoms with Gasteiger partial charge >= 0.3 is 0 Å². The lowest BCUT2D eigenvalue weighted by molar-refractivity contribution is 0.343. The summed E-state index contributed by atoms with van der Waals surface area (Å²) in [4.78, 5) is 0. The van der Waals surface area contributed by atoms with Crippen molar-refractivity contribution in [3.63, 3.8) is 0 Å². The van der Waals surface area contributed by atoms with E-state index in [-0.39, 0.29) is 12.4 Å². The highest BCUT2D eigenvalue weighted by Crippen LogP contribution is 2.15. The lowest BCUT2D eigenvalue weighted by Gasteiger charge is -2.05. The summed E-state index contributed by atoms with van der Waals surface area (Å²) in [6, 6.07) is 6.27. The summed E-state index contributed by atoms with van der Waals surface area (Å²) in [6.45, 7) is 6.33. The van der Waals surface area contributed by atoms with Crippen LogP contribution in [0.5, 0.6) is 0 Å². The van der Waals surface area contributed by atoms with E-state index in [0.29, 0.717) is 11.1 Å². The first-order chi connectivity index (χ1) is 7.92. The molecule has 3 heteroatoms. The van der Waals surface area contributed by atoms with Gasteiger partial charge in [-0.05, 0) is 23.8 Å². The second kappa shape index (κ2) is 5.81. The van der Waals surface area contributed by atoms with E-state index in [0.717, 1.165) is 0 Å². The van der Waals surface area contributed by atoms with Gasteiger partial charge in [-0.3, -0.25) is 0 Å². The van der Waals surface area contributed by atoms with Crippen LogP contribution in [-0.2, 0) is 0 Å². The predicted molar refractivity (Wildman–Crippen MR) is 72.6 cm³/mol. The smallest absolute Gasteiger partial charge is 0.129 e. The highest BCUT2D eigenvalue weighted by molar-refractivity contribution is 6.84. The van der Waals surface area contributed by atoms with Gasteiger partial charge in [0.1, 0.15) is 13.9 Å². The Bertz CT molecular complexity index is 475. The Morgan fingerprint density at radius 3 is 2.65 bits per heavy atom. The zero-order valence-corrected chi connectivity index (χ0v) is 11.4. The highest BCUT2D eigenvalue weighted by Gasteiger charge is 2.08. The fraction of sp³-hybridized carbons (Fsp3) is 0.286. The second-order valence-electron chi connectivity index (χ2n) is 4.81. The molecule has 0 fully saturated rings. The van der Waals surface area contributed by atoms with E-state index >= 15 is 0 Å². The summed E-state index contributed by atoms with van der Waals surface area (Å²) >= 11 is 0. The number of halogens is 1. The van der Waals surface area contributed by atoms with Crippen LogP contribution in [0.3, 0.4) is 0 Å². The van der Waals surface area contributed by atoms with E-state index in [9.17, 15) is 4.39 Å². The highest BCUT2D eigenvalue weighted by atomic mass is 28.3. The zero-order chi connectivity index (χ0) is 12.9. The summed E-state index contributed by atoms with van der Waals surface area (Å²) < 4.78 is 13.1. The first-order valence-corrected chi connectivity index (χ1v) is 9.02. The molecule has 0 bridgehead atoms. The molecule has 17 heavy (non-hydrogen) atoms. The quantitative estimate of drug-likeness (QED) is 0.630. The molecule has 1 aromatic carbocycles. The van der Waals surface area contributed by atoms with Gasteiger partial charge in [-0.2, -0.15) is 0 Å². The van der Waals surface area contributed by atoms with E-state index in [4.69, 9.17) is 5.11 Å². The minimum Gasteiger partial charge on any atom is -0.392 e. The summed E-state index contributed by atoms with van der Waals surface area (Å²) in [5, 5.41) is 8.97. The Morgan fingerprint density at radius 2 is 2.12 bits per heavy atom. The van der Waals surface area contributed by atoms with Crippen LogP contribution in [0.25, 0.3) is 5.57 Å². The Hall–Kier alpha value is -1.37. The van der Waals surface area contributed by atoms with Crippen molar-refractivity contribution < 1.29 is 9.50 Å². The number of rotatable bonds is 2. The molecule has 0 spiro atoms. The second-order valence-corrected chi connectivity index (χ2v) is 9.56. The number of allylic oxidation sites excluding steroid dienone is 1. The molecule has 0 saturated carbocycles. The van der Waals surface area contributed by atoms with Crippen molar-refractivity contribution in [2.24, 2.45) is 0 Å². The van der Waals surface area contributed by atoms with Gasteiger partial charge in [0.15, 0.2) is 0 Å². The molecule has 0 atom stereocenters. The van der Waals surface area contributed by atoms with Gasteiger partial charge in [0, 0.05) is 5.57 Å². The van der Waals surface area contributed by atoms with Gasteiger partial charge in [-0.1, -0.05) is 37.7 Å². The van der Waals surface area contributed by atoms with Crippen LogP contribution in [0.15, 0.2) is 30.3 Å². The van der Waals surface area contributed by atoms with Crippen molar-refractivity contribution in [2.75, 3.05) is 6.61 Å². The minimum atomic E-state index is -1.47. The molecular weight excluding hydrogens is 231 g/mol. The molecule has 0 aliphatic carbocycles. The zero-order valence-electron chi connectivity index (χ0n) is 10.4. The molecule has 1 rings (SSSR count). The molecule has 0 saturated heterocycles. The molecule has 1 nitrogen and oxygen atoms in total. The maximum atomic E-state index is 13.1. The van der Waals surface area contributed by atoms with Crippen molar-refractivity contribution in [1.82, 2.24) is 0 Å². The van der Waals surface area contributed by atoms with Gasteiger partial charge in [-0.25, -0.2) is 4.39 Å². The van der Waals surface area contributed by atoms with Gasteiger partial charge in [0.2, 0.25) is 0 Å². The molecule has 0 heterocycles. The number of benzene rings is 1. The standard InChI is InChI=1S/C14H17FOSi/c1-17(2,3)10-8-12(7-9-16)13-5-4-6-14(15)11-13/h4-7,11,16H,9H2,1-3H3/b12-7-. The molecule has 0 aliphatic rings. The monoisotopic (exact) mass is 248 g/mol. The third-order valence-electron chi connectivity index (χ3n) is 2.00. The molecule has 1 aromatic rings. The summed E-state index contributed by atoms with van der Waals surface area (Å²) in [5.74, 6) is 2.76. The third kappa shape index (κ3) is 4.99. The molecule has 90 valence electrons. The van der Waals surface area contributed by atoms with Crippen LogP contribution < -0.4 is 0 Å². The van der Waals surface area contributed by atoms with Crippen LogP contribution in [0, 0.1) is 17.3 Å². The average Bonchev–Trinajstić information content (AvgIpc) is 2.23. The van der Waals surface area contributed by atoms with Crippen molar-refractivity contribution in [2.45, 2.75) is 19.6 Å². The van der Waals surface area contributed by atoms with Crippen LogP contribution in [0.4, 0.5) is 4.39 Å². The fourth-order valence-electron chi connectivity index (χ4n) is 1.24. The fourth-order valence-corrected chi connectivity index (χ4v) is 1.75. The lowest BCUT2D eigenvalue weighted by atomic mass is 10.1. The van der Waals surface area contributed by atoms with Gasteiger partial charge < -0.3 is 5.11 Å². The van der Waals surface area contributed by atoms with Crippen LogP contribution >= 0.6 is 0 Å². The summed E-state index contributed by atoms with van der Waals surface area (Å²) in [7, 11) is -1.47. The summed E-state index contributed by atoms with van der Waals surface area (Å²) in [6.07, 6.45) is 1.61. The third-order valence-corrected chi connectivity index (χ3v) is 2.88. The van der Waals surface area contributed by atoms with Crippen molar-refractivity contribution >= 4 is 13.6 Å². The number of aliphatic hydroxyl groups is 1. The number of hydrogen-bond acceptors (Lipinski definition) is 1. The van der Waals surface area contributed by atoms with Gasteiger partial charge in [-0.15, -0.1) is 5.54 Å². The Morgan fingerprint density at radius 1 is 1.41 bits per heavy atom. The Balaban J connectivity index is 3.10. The Labute approximate surface area is 103 Å². The van der Waals surface area contributed by atoms with Crippen molar-refractivity contribution in [3.05, 3.63) is 41.7 Å². The molecule has 0 aliphatic heterocycles. The van der Waals surface area contributed by atoms with Gasteiger partial charge in [0.25, 0.3) is 0 Å². The summed E-state index contributed by atoms with van der Waals surface area (Å²) in [5.41, 5.74) is 4.61. The van der Waals surface area contributed by atoms with E-state index in [1.807, 2.05) is 0 Å². The van der Waals surface area contributed by atoms with Crippen molar-refractivity contribution in [3.8, 4) is 11.5 Å². The van der Waals surface area contributed by atoms with Crippen LogP contribution in [0.1, 0.15) is 5.56 Å². The van der Waals surface area contributed by atoms with E-state index in [1.165, 1.54) is 12.1 Å².